The molecule has 0 spiro atoms. The Hall–Kier alpha value is -2.11. The number of carboxylic acid groups (broad SMARTS) is 1. The number of carbonyl (C=O) groups is 1. The van der Waals surface area contributed by atoms with E-state index in [0.29, 0.717) is 5.56 Å². The van der Waals surface area contributed by atoms with Crippen LogP contribution >= 0.6 is 22.7 Å². The number of aromatic carboxylic acids is 1. The van der Waals surface area contributed by atoms with Crippen molar-refractivity contribution in [2.24, 2.45) is 0 Å². The summed E-state index contributed by atoms with van der Waals surface area (Å²) in [6.45, 7) is 1.64. The molecule has 112 valence electrons. The fourth-order valence-electron chi connectivity index (χ4n) is 2.23. The third-order valence-electron chi connectivity index (χ3n) is 3.33. The lowest BCUT2D eigenvalue weighted by atomic mass is 10.2. The zero-order valence-corrected chi connectivity index (χ0v) is 13.4. The van der Waals surface area contributed by atoms with Gasteiger partial charge in [0.15, 0.2) is 0 Å². The van der Waals surface area contributed by atoms with Crippen LogP contribution in [-0.2, 0) is 13.1 Å². The number of nitrogens with zero attached hydrogens (tertiary/aromatic N) is 1. The molecule has 0 radical (unpaired) electrons. The van der Waals surface area contributed by atoms with Crippen molar-refractivity contribution in [3.8, 4) is 0 Å². The summed E-state index contributed by atoms with van der Waals surface area (Å²) in [5.41, 5.74) is 1.35. The molecule has 0 saturated heterocycles. The number of thiophene rings is 2. The van der Waals surface area contributed by atoms with Crippen molar-refractivity contribution in [3.05, 3.63) is 74.6 Å². The molecule has 0 aliphatic heterocycles. The lowest BCUT2D eigenvalue weighted by Gasteiger charge is -2.24. The van der Waals surface area contributed by atoms with E-state index in [9.17, 15) is 4.79 Å². The Balaban J connectivity index is 1.84. The smallest absolute Gasteiger partial charge is 0.335 e. The molecule has 2 aromatic heterocycles. The van der Waals surface area contributed by atoms with Crippen LogP contribution in [0.25, 0.3) is 0 Å². The van der Waals surface area contributed by atoms with Gasteiger partial charge >= 0.3 is 5.97 Å². The average molecular weight is 329 g/mol. The van der Waals surface area contributed by atoms with Crippen LogP contribution < -0.4 is 4.90 Å². The Morgan fingerprint density at radius 3 is 1.86 bits per heavy atom. The van der Waals surface area contributed by atoms with Crippen LogP contribution in [0.15, 0.2) is 59.3 Å². The van der Waals surface area contributed by atoms with E-state index in [4.69, 9.17) is 5.11 Å². The van der Waals surface area contributed by atoms with Gasteiger partial charge in [-0.1, -0.05) is 12.1 Å². The fraction of sp³-hybridized carbons (Fsp3) is 0.118. The molecule has 3 aromatic rings. The molecule has 0 atom stereocenters. The minimum absolute atomic E-state index is 0.316. The zero-order chi connectivity index (χ0) is 15.4. The second-order valence-corrected chi connectivity index (χ2v) is 6.93. The number of hydrogen-bond acceptors (Lipinski definition) is 4. The van der Waals surface area contributed by atoms with Gasteiger partial charge in [-0.05, 0) is 47.2 Å². The molecule has 0 saturated carbocycles. The van der Waals surface area contributed by atoms with Crippen molar-refractivity contribution >= 4 is 34.3 Å². The molecule has 3 nitrogen and oxygen atoms in total. The van der Waals surface area contributed by atoms with Crippen molar-refractivity contribution in [1.29, 1.82) is 0 Å². The summed E-state index contributed by atoms with van der Waals surface area (Å²) in [4.78, 5) is 15.8. The van der Waals surface area contributed by atoms with Gasteiger partial charge in [-0.3, -0.25) is 0 Å². The van der Waals surface area contributed by atoms with Gasteiger partial charge in [0, 0.05) is 15.4 Å². The molecule has 0 fully saturated rings. The maximum Gasteiger partial charge on any atom is 0.335 e. The maximum atomic E-state index is 11.0. The summed E-state index contributed by atoms with van der Waals surface area (Å²) >= 11 is 3.47. The number of hydrogen-bond donors (Lipinski definition) is 1. The number of anilines is 1. The standard InChI is InChI=1S/C17H15NO2S2/c19-17(20)13-5-7-14(8-6-13)18(11-15-3-1-9-21-15)12-16-4-2-10-22-16/h1-10H,11-12H2,(H,19,20). The SMILES string of the molecule is O=C(O)c1ccc(N(Cc2cccs2)Cc2cccs2)cc1. The van der Waals surface area contributed by atoms with Gasteiger partial charge < -0.3 is 10.0 Å². The van der Waals surface area contributed by atoms with Crippen LogP contribution in [0.3, 0.4) is 0 Å². The molecular formula is C17H15NO2S2. The van der Waals surface area contributed by atoms with Crippen molar-refractivity contribution in [2.75, 3.05) is 4.90 Å². The monoisotopic (exact) mass is 329 g/mol. The van der Waals surface area contributed by atoms with Gasteiger partial charge in [0.2, 0.25) is 0 Å². The first-order valence-electron chi connectivity index (χ1n) is 6.85. The molecule has 0 bridgehead atoms. The number of rotatable bonds is 6. The van der Waals surface area contributed by atoms with Gasteiger partial charge in [0.25, 0.3) is 0 Å². The third kappa shape index (κ3) is 3.55. The summed E-state index contributed by atoms with van der Waals surface area (Å²) in [7, 11) is 0. The summed E-state index contributed by atoms with van der Waals surface area (Å²) in [6.07, 6.45) is 0. The van der Waals surface area contributed by atoms with E-state index in [1.807, 2.05) is 12.1 Å². The summed E-state index contributed by atoms with van der Waals surface area (Å²) in [5.74, 6) is -0.894. The quantitative estimate of drug-likeness (QED) is 0.711. The van der Waals surface area contributed by atoms with E-state index >= 15 is 0 Å². The van der Waals surface area contributed by atoms with Gasteiger partial charge in [0.1, 0.15) is 0 Å². The van der Waals surface area contributed by atoms with E-state index in [1.54, 1.807) is 34.8 Å². The molecule has 0 amide bonds. The predicted octanol–water partition coefficient (Wildman–Crippen LogP) is 4.71. The summed E-state index contributed by atoms with van der Waals surface area (Å²) in [6, 6.07) is 15.4. The summed E-state index contributed by atoms with van der Waals surface area (Å²) < 4.78 is 0. The van der Waals surface area contributed by atoms with Crippen molar-refractivity contribution in [1.82, 2.24) is 0 Å². The predicted molar refractivity (Wildman–Crippen MR) is 91.9 cm³/mol. The maximum absolute atomic E-state index is 11.0. The van der Waals surface area contributed by atoms with Gasteiger partial charge in [-0.25, -0.2) is 4.79 Å². The highest BCUT2D eigenvalue weighted by Crippen LogP contribution is 2.24. The molecule has 3 rings (SSSR count). The highest BCUT2D eigenvalue weighted by Gasteiger charge is 2.11. The fourth-order valence-corrected chi connectivity index (χ4v) is 3.67. The van der Waals surface area contributed by atoms with Gasteiger partial charge in [-0.2, -0.15) is 0 Å². The Labute approximate surface area is 137 Å². The van der Waals surface area contributed by atoms with E-state index < -0.39 is 5.97 Å². The van der Waals surface area contributed by atoms with E-state index in [1.165, 1.54) is 9.75 Å². The first-order chi connectivity index (χ1) is 10.7. The summed E-state index contributed by atoms with van der Waals surface area (Å²) in [5, 5.41) is 13.2. The van der Waals surface area contributed by atoms with Crippen LogP contribution in [0.2, 0.25) is 0 Å². The Bertz CT molecular complexity index is 682. The van der Waals surface area contributed by atoms with Gasteiger partial charge in [0.05, 0.1) is 18.7 Å². The van der Waals surface area contributed by atoms with Gasteiger partial charge in [-0.15, -0.1) is 22.7 Å². The molecule has 2 heterocycles. The first-order valence-corrected chi connectivity index (χ1v) is 8.61. The topological polar surface area (TPSA) is 40.5 Å². The Kier molecular flexibility index (Phi) is 4.56. The van der Waals surface area contributed by atoms with E-state index in [2.05, 4.69) is 39.9 Å². The van der Waals surface area contributed by atoms with Crippen LogP contribution in [0.5, 0.6) is 0 Å². The lowest BCUT2D eigenvalue weighted by molar-refractivity contribution is 0.0697. The third-order valence-corrected chi connectivity index (χ3v) is 5.06. The van der Waals surface area contributed by atoms with Crippen molar-refractivity contribution in [2.45, 2.75) is 13.1 Å². The number of benzene rings is 1. The molecular weight excluding hydrogens is 314 g/mol. The normalized spacial score (nSPS) is 10.5. The second-order valence-electron chi connectivity index (χ2n) is 4.87. The lowest BCUT2D eigenvalue weighted by Crippen LogP contribution is -2.21. The largest absolute Gasteiger partial charge is 0.478 e. The average Bonchev–Trinajstić information content (AvgIpc) is 3.20. The molecule has 1 aromatic carbocycles. The van der Waals surface area contributed by atoms with Crippen LogP contribution in [0.1, 0.15) is 20.1 Å². The number of carboxylic acids is 1. The first kappa shape index (κ1) is 14.8. The molecule has 5 heteroatoms. The molecule has 0 aliphatic rings. The zero-order valence-electron chi connectivity index (χ0n) is 11.8. The van der Waals surface area contributed by atoms with Crippen molar-refractivity contribution < 1.29 is 9.90 Å². The minimum Gasteiger partial charge on any atom is -0.478 e. The molecule has 1 N–H and O–H groups in total. The van der Waals surface area contributed by atoms with Crippen LogP contribution in [-0.4, -0.2) is 11.1 Å². The van der Waals surface area contributed by atoms with E-state index in [-0.39, 0.29) is 0 Å². The molecule has 0 unspecified atom stereocenters. The highest BCUT2D eigenvalue weighted by molar-refractivity contribution is 7.10. The Morgan fingerprint density at radius 1 is 0.909 bits per heavy atom. The Morgan fingerprint density at radius 2 is 1.45 bits per heavy atom. The molecule has 0 aliphatic carbocycles. The minimum atomic E-state index is -0.894. The highest BCUT2D eigenvalue weighted by atomic mass is 32.1. The van der Waals surface area contributed by atoms with Crippen LogP contribution in [0, 0.1) is 0 Å². The second kappa shape index (κ2) is 6.77. The molecule has 22 heavy (non-hydrogen) atoms. The van der Waals surface area contributed by atoms with E-state index in [0.717, 1.165) is 18.8 Å². The van der Waals surface area contributed by atoms with Crippen molar-refractivity contribution in [3.63, 3.8) is 0 Å². The van der Waals surface area contributed by atoms with Crippen LogP contribution in [0.4, 0.5) is 5.69 Å².